The van der Waals surface area contributed by atoms with Crippen molar-refractivity contribution in [3.05, 3.63) is 53.6 Å². The maximum Gasteiger partial charge on any atom is 0.248 e. The Kier molecular flexibility index (Phi) is 4.44. The molecule has 1 unspecified atom stereocenters. The molecule has 1 saturated heterocycles. The lowest BCUT2D eigenvalue weighted by Gasteiger charge is -2.27. The van der Waals surface area contributed by atoms with Crippen molar-refractivity contribution >= 4 is 16.9 Å². The summed E-state index contributed by atoms with van der Waals surface area (Å²) in [6.07, 6.45) is 1.56. The largest absolute Gasteiger partial charge is 0.388 e. The molecule has 4 rings (SSSR count). The van der Waals surface area contributed by atoms with Crippen LogP contribution in [-0.4, -0.2) is 34.1 Å². The number of hydrogen-bond acceptors (Lipinski definition) is 4. The Labute approximate surface area is 151 Å². The minimum Gasteiger partial charge on any atom is -0.388 e. The van der Waals surface area contributed by atoms with Crippen LogP contribution in [0.5, 0.6) is 0 Å². The highest BCUT2D eigenvalue weighted by atomic mass is 16.3. The number of hydrogen-bond donors (Lipinski definition) is 4. The highest BCUT2D eigenvalue weighted by molar-refractivity contribution is 5.96. The van der Waals surface area contributed by atoms with Gasteiger partial charge in [-0.15, -0.1) is 0 Å². The molecule has 0 spiro atoms. The molecule has 1 atom stereocenters. The van der Waals surface area contributed by atoms with Gasteiger partial charge in [0.25, 0.3) is 0 Å². The molecule has 1 aromatic heterocycles. The summed E-state index contributed by atoms with van der Waals surface area (Å²) < 4.78 is 0. The van der Waals surface area contributed by atoms with Crippen LogP contribution in [0.1, 0.15) is 34.9 Å². The van der Waals surface area contributed by atoms with Crippen molar-refractivity contribution in [2.45, 2.75) is 18.9 Å². The highest BCUT2D eigenvalue weighted by Crippen LogP contribution is 2.30. The second kappa shape index (κ2) is 6.90. The third-order valence-electron chi connectivity index (χ3n) is 5.12. The van der Waals surface area contributed by atoms with E-state index in [4.69, 9.17) is 5.73 Å². The van der Waals surface area contributed by atoms with Gasteiger partial charge in [-0.2, -0.15) is 0 Å². The third kappa shape index (κ3) is 3.21. The lowest BCUT2D eigenvalue weighted by Crippen LogP contribution is -2.30. The number of carbonyl (C=O) groups is 1. The van der Waals surface area contributed by atoms with Crippen molar-refractivity contribution < 1.29 is 9.90 Å². The van der Waals surface area contributed by atoms with Crippen molar-refractivity contribution in [1.29, 1.82) is 0 Å². The molecule has 2 heterocycles. The molecule has 0 aliphatic carbocycles. The van der Waals surface area contributed by atoms with Crippen molar-refractivity contribution in [2.75, 3.05) is 13.1 Å². The fourth-order valence-electron chi connectivity index (χ4n) is 3.57. The molecule has 0 radical (unpaired) electrons. The number of imidazole rings is 1. The molecular formula is C20H22N4O2. The number of aromatic amines is 1. The van der Waals surface area contributed by atoms with Gasteiger partial charge in [-0.1, -0.05) is 24.3 Å². The fourth-order valence-corrected chi connectivity index (χ4v) is 3.57. The number of aliphatic hydroxyl groups is 1. The maximum atomic E-state index is 11.3. The maximum absolute atomic E-state index is 11.3. The van der Waals surface area contributed by atoms with Gasteiger partial charge in [0.1, 0.15) is 5.82 Å². The number of nitrogens with one attached hydrogen (secondary N) is 2. The molecule has 1 fully saturated rings. The second-order valence-electron chi connectivity index (χ2n) is 6.84. The monoisotopic (exact) mass is 350 g/mol. The minimum absolute atomic E-state index is 0.306. The van der Waals surface area contributed by atoms with Crippen LogP contribution in [0.25, 0.3) is 22.4 Å². The van der Waals surface area contributed by atoms with E-state index in [9.17, 15) is 9.90 Å². The van der Waals surface area contributed by atoms with E-state index in [0.717, 1.165) is 53.9 Å². The van der Waals surface area contributed by atoms with Gasteiger partial charge in [0, 0.05) is 11.1 Å². The number of rotatable bonds is 4. The molecule has 2 aromatic carbocycles. The van der Waals surface area contributed by atoms with Gasteiger partial charge in [0.15, 0.2) is 0 Å². The average molecular weight is 350 g/mol. The van der Waals surface area contributed by atoms with Gasteiger partial charge in [-0.05, 0) is 55.6 Å². The number of benzene rings is 2. The Balaban J connectivity index is 1.58. The summed E-state index contributed by atoms with van der Waals surface area (Å²) >= 11 is 0. The van der Waals surface area contributed by atoms with Gasteiger partial charge in [-0.25, -0.2) is 4.98 Å². The Hall–Kier alpha value is -2.70. The van der Waals surface area contributed by atoms with Crippen LogP contribution < -0.4 is 11.1 Å². The molecule has 6 nitrogen and oxygen atoms in total. The lowest BCUT2D eigenvalue weighted by atomic mass is 9.88. The number of carbonyl (C=O) groups excluding carboxylic acids is 1. The standard InChI is InChI=1S/C20H22N4O2/c21-19(26)15-5-6-16-17(11-15)24-20(23-16)14-3-1-12(2-4-14)18(25)13-7-9-22-10-8-13/h1-6,11,13,18,22,25H,7-10H2,(H2,21,26)(H,23,24). The second-order valence-corrected chi connectivity index (χ2v) is 6.84. The normalized spacial score (nSPS) is 16.7. The number of amides is 1. The van der Waals surface area contributed by atoms with Crippen LogP contribution in [0.3, 0.4) is 0 Å². The van der Waals surface area contributed by atoms with Gasteiger partial charge < -0.3 is 21.1 Å². The summed E-state index contributed by atoms with van der Waals surface area (Å²) in [5.41, 5.74) is 9.21. The SMILES string of the molecule is NC(=O)c1ccc2nc(-c3ccc(C(O)C4CCNCC4)cc3)[nH]c2c1. The lowest BCUT2D eigenvalue weighted by molar-refractivity contribution is 0.0889. The van der Waals surface area contributed by atoms with Crippen LogP contribution in [0.4, 0.5) is 0 Å². The summed E-state index contributed by atoms with van der Waals surface area (Å²) in [5.74, 6) is 0.573. The predicted molar refractivity (Wildman–Crippen MR) is 101 cm³/mol. The van der Waals surface area contributed by atoms with Gasteiger partial charge >= 0.3 is 0 Å². The number of fused-ring (bicyclic) bond motifs is 1. The summed E-state index contributed by atoms with van der Waals surface area (Å²) in [4.78, 5) is 19.1. The molecule has 1 aliphatic heterocycles. The Morgan fingerprint density at radius 1 is 1.15 bits per heavy atom. The summed E-state index contributed by atoms with van der Waals surface area (Å²) in [5, 5.41) is 13.9. The first-order valence-electron chi connectivity index (χ1n) is 8.90. The number of nitrogens with two attached hydrogens (primary N) is 1. The van der Waals surface area contributed by atoms with E-state index in [-0.39, 0.29) is 0 Å². The van der Waals surface area contributed by atoms with Crippen molar-refractivity contribution in [3.63, 3.8) is 0 Å². The van der Waals surface area contributed by atoms with Crippen molar-refractivity contribution in [3.8, 4) is 11.4 Å². The first-order chi connectivity index (χ1) is 12.6. The quantitative estimate of drug-likeness (QED) is 0.580. The zero-order chi connectivity index (χ0) is 18.1. The van der Waals surface area contributed by atoms with Crippen LogP contribution in [0.15, 0.2) is 42.5 Å². The van der Waals surface area contributed by atoms with Crippen LogP contribution in [-0.2, 0) is 0 Å². The summed E-state index contributed by atoms with van der Waals surface area (Å²) in [6, 6.07) is 13.0. The van der Waals surface area contributed by atoms with E-state index in [1.165, 1.54) is 0 Å². The molecule has 5 N–H and O–H groups in total. The zero-order valence-corrected chi connectivity index (χ0v) is 14.4. The predicted octanol–water partition coefficient (Wildman–Crippen LogP) is 2.36. The first-order valence-corrected chi connectivity index (χ1v) is 8.90. The third-order valence-corrected chi connectivity index (χ3v) is 5.12. The van der Waals surface area contributed by atoms with E-state index in [1.54, 1.807) is 18.2 Å². The first kappa shape index (κ1) is 16.8. The van der Waals surface area contributed by atoms with Crippen LogP contribution in [0, 0.1) is 5.92 Å². The fraction of sp³-hybridized carbons (Fsp3) is 0.300. The smallest absolute Gasteiger partial charge is 0.248 e. The number of H-pyrrole nitrogens is 1. The van der Waals surface area contributed by atoms with E-state index in [2.05, 4.69) is 15.3 Å². The van der Waals surface area contributed by atoms with Crippen molar-refractivity contribution in [2.24, 2.45) is 11.7 Å². The molecule has 0 bridgehead atoms. The van der Waals surface area contributed by atoms with E-state index in [0.29, 0.717) is 11.5 Å². The van der Waals surface area contributed by atoms with Gasteiger partial charge in [0.05, 0.1) is 17.1 Å². The number of nitrogens with zero attached hydrogens (tertiary/aromatic N) is 1. The average Bonchev–Trinajstić information content (AvgIpc) is 3.11. The molecule has 26 heavy (non-hydrogen) atoms. The number of aliphatic hydroxyl groups excluding tert-OH is 1. The number of primary amides is 1. The Bertz CT molecular complexity index is 927. The summed E-state index contributed by atoms with van der Waals surface area (Å²) in [6.45, 7) is 1.93. The molecule has 1 amide bonds. The van der Waals surface area contributed by atoms with E-state index < -0.39 is 12.0 Å². The molecule has 6 heteroatoms. The number of piperidine rings is 1. The van der Waals surface area contributed by atoms with E-state index in [1.807, 2.05) is 24.3 Å². The Morgan fingerprint density at radius 3 is 2.58 bits per heavy atom. The highest BCUT2D eigenvalue weighted by Gasteiger charge is 2.22. The minimum atomic E-state index is -0.459. The Morgan fingerprint density at radius 2 is 1.88 bits per heavy atom. The molecular weight excluding hydrogens is 328 g/mol. The number of aromatic nitrogens is 2. The van der Waals surface area contributed by atoms with Crippen molar-refractivity contribution in [1.82, 2.24) is 15.3 Å². The van der Waals surface area contributed by atoms with E-state index >= 15 is 0 Å². The van der Waals surface area contributed by atoms with Gasteiger partial charge in [-0.3, -0.25) is 4.79 Å². The molecule has 134 valence electrons. The molecule has 1 aliphatic rings. The topological polar surface area (TPSA) is 104 Å². The van der Waals surface area contributed by atoms with Gasteiger partial charge in [0.2, 0.25) is 5.91 Å². The van der Waals surface area contributed by atoms with Crippen LogP contribution in [0.2, 0.25) is 0 Å². The molecule has 3 aromatic rings. The molecule has 0 saturated carbocycles. The summed E-state index contributed by atoms with van der Waals surface area (Å²) in [7, 11) is 0. The van der Waals surface area contributed by atoms with Crippen LogP contribution >= 0.6 is 0 Å². The zero-order valence-electron chi connectivity index (χ0n) is 14.4.